The molecule has 0 aliphatic carbocycles. The fourth-order valence-corrected chi connectivity index (χ4v) is 3.21. The summed E-state index contributed by atoms with van der Waals surface area (Å²) in [6.07, 6.45) is 0.523. The highest BCUT2D eigenvalue weighted by molar-refractivity contribution is 8.00. The number of benzene rings is 1. The molecule has 96 valence electrons. The maximum atomic E-state index is 11.8. The Balaban J connectivity index is 2.18. The van der Waals surface area contributed by atoms with Crippen molar-refractivity contribution in [2.45, 2.75) is 16.6 Å². The topological polar surface area (TPSA) is 63.5 Å². The monoisotopic (exact) mass is 266 g/mol. The number of hydrogen-bond acceptors (Lipinski definition) is 5. The van der Waals surface area contributed by atoms with E-state index in [-0.39, 0.29) is 16.7 Å². The summed E-state index contributed by atoms with van der Waals surface area (Å²) >= 11 is 1.30. The van der Waals surface area contributed by atoms with Crippen molar-refractivity contribution in [3.63, 3.8) is 0 Å². The van der Waals surface area contributed by atoms with E-state index in [9.17, 15) is 14.9 Å². The highest BCUT2D eigenvalue weighted by Gasteiger charge is 2.28. The van der Waals surface area contributed by atoms with Gasteiger partial charge in [0.1, 0.15) is 5.78 Å². The van der Waals surface area contributed by atoms with Gasteiger partial charge in [0.25, 0.3) is 5.69 Å². The Morgan fingerprint density at radius 2 is 2.17 bits per heavy atom. The van der Waals surface area contributed by atoms with Crippen LogP contribution in [0.1, 0.15) is 6.42 Å². The van der Waals surface area contributed by atoms with Gasteiger partial charge < -0.3 is 4.90 Å². The molecule has 1 aliphatic heterocycles. The fraction of sp³-hybridized carbons (Fsp3) is 0.417. The smallest absolute Gasteiger partial charge is 0.282 e. The molecule has 0 spiro atoms. The van der Waals surface area contributed by atoms with E-state index < -0.39 is 4.92 Å². The van der Waals surface area contributed by atoms with Gasteiger partial charge in [0.05, 0.1) is 15.1 Å². The molecular weight excluding hydrogens is 252 g/mol. The molecule has 0 aromatic heterocycles. The summed E-state index contributed by atoms with van der Waals surface area (Å²) in [5, 5.41) is 10.7. The number of rotatable bonds is 3. The second-order valence-electron chi connectivity index (χ2n) is 4.31. The van der Waals surface area contributed by atoms with E-state index in [1.807, 2.05) is 7.05 Å². The fourth-order valence-electron chi connectivity index (χ4n) is 1.90. The van der Waals surface area contributed by atoms with Crippen LogP contribution in [0.4, 0.5) is 5.69 Å². The molecular formula is C12H14N2O3S. The minimum atomic E-state index is -0.403. The number of carbonyl (C=O) groups is 1. The molecule has 0 radical (unpaired) electrons. The van der Waals surface area contributed by atoms with Gasteiger partial charge in [0.15, 0.2) is 0 Å². The molecule has 1 atom stereocenters. The number of para-hydroxylation sites is 1. The second kappa shape index (κ2) is 5.49. The molecule has 1 fully saturated rings. The number of nitro benzene ring substituents is 1. The summed E-state index contributed by atoms with van der Waals surface area (Å²) in [4.78, 5) is 25.0. The number of Topliss-reactive ketones (excluding diaryl/α,β-unsaturated/α-hetero) is 1. The average molecular weight is 266 g/mol. The van der Waals surface area contributed by atoms with Crippen molar-refractivity contribution in [3.05, 3.63) is 34.4 Å². The lowest BCUT2D eigenvalue weighted by molar-refractivity contribution is -0.387. The highest BCUT2D eigenvalue weighted by Crippen LogP contribution is 2.33. The molecule has 0 saturated carbocycles. The summed E-state index contributed by atoms with van der Waals surface area (Å²) in [6.45, 7) is 1.42. The summed E-state index contributed by atoms with van der Waals surface area (Å²) in [6, 6.07) is 6.56. The molecule has 1 aromatic rings. The minimum Gasteiger partial charge on any atom is -0.304 e. The van der Waals surface area contributed by atoms with Crippen LogP contribution in [-0.2, 0) is 4.79 Å². The average Bonchev–Trinajstić information content (AvgIpc) is 2.34. The number of nitrogens with zero attached hydrogens (tertiary/aromatic N) is 2. The van der Waals surface area contributed by atoms with Crippen molar-refractivity contribution >= 4 is 23.2 Å². The lowest BCUT2D eigenvalue weighted by atomic mass is 10.1. The Bertz CT molecular complexity index is 478. The van der Waals surface area contributed by atoms with Crippen LogP contribution >= 0.6 is 11.8 Å². The Morgan fingerprint density at radius 3 is 2.89 bits per heavy atom. The van der Waals surface area contributed by atoms with Gasteiger partial charge in [-0.1, -0.05) is 12.1 Å². The molecule has 1 heterocycles. The summed E-state index contributed by atoms with van der Waals surface area (Å²) in [5.74, 6) is 0.177. The molecule has 0 N–H and O–H groups in total. The molecule has 1 aliphatic rings. The number of thioether (sulfide) groups is 1. The van der Waals surface area contributed by atoms with Crippen molar-refractivity contribution in [1.29, 1.82) is 0 Å². The molecule has 2 rings (SSSR count). The van der Waals surface area contributed by atoms with Crippen LogP contribution in [0.25, 0.3) is 0 Å². The first-order valence-corrected chi connectivity index (χ1v) is 6.57. The van der Waals surface area contributed by atoms with Crippen LogP contribution in [0.3, 0.4) is 0 Å². The van der Waals surface area contributed by atoms with Crippen molar-refractivity contribution in [1.82, 2.24) is 4.90 Å². The van der Waals surface area contributed by atoms with Crippen LogP contribution in [0.2, 0.25) is 0 Å². The first kappa shape index (κ1) is 13.0. The molecule has 0 amide bonds. The van der Waals surface area contributed by atoms with Gasteiger partial charge in [-0.15, -0.1) is 11.8 Å². The predicted octanol–water partition coefficient (Wildman–Crippen LogP) is 1.96. The van der Waals surface area contributed by atoms with E-state index in [0.717, 1.165) is 6.54 Å². The van der Waals surface area contributed by atoms with Crippen LogP contribution in [0.5, 0.6) is 0 Å². The summed E-state index contributed by atoms with van der Waals surface area (Å²) in [7, 11) is 1.96. The minimum absolute atomic E-state index is 0.0727. The predicted molar refractivity (Wildman–Crippen MR) is 69.9 cm³/mol. The lowest BCUT2D eigenvalue weighted by Gasteiger charge is -2.27. The number of nitro groups is 1. The van der Waals surface area contributed by atoms with Gasteiger partial charge in [0, 0.05) is 25.6 Å². The van der Waals surface area contributed by atoms with Crippen molar-refractivity contribution < 1.29 is 9.72 Å². The van der Waals surface area contributed by atoms with E-state index in [1.165, 1.54) is 17.8 Å². The Labute approximate surface area is 109 Å². The van der Waals surface area contributed by atoms with E-state index in [0.29, 0.717) is 17.9 Å². The van der Waals surface area contributed by atoms with E-state index >= 15 is 0 Å². The van der Waals surface area contributed by atoms with Crippen LogP contribution in [0.15, 0.2) is 29.2 Å². The largest absolute Gasteiger partial charge is 0.304 e. The van der Waals surface area contributed by atoms with Gasteiger partial charge >= 0.3 is 0 Å². The van der Waals surface area contributed by atoms with Crippen LogP contribution in [-0.4, -0.2) is 41.0 Å². The molecule has 0 bridgehead atoms. The van der Waals surface area contributed by atoms with Gasteiger partial charge in [0.2, 0.25) is 0 Å². The molecule has 18 heavy (non-hydrogen) atoms. The molecule has 1 unspecified atom stereocenters. The lowest BCUT2D eigenvalue weighted by Crippen LogP contribution is -2.40. The van der Waals surface area contributed by atoms with E-state index in [4.69, 9.17) is 0 Å². The van der Waals surface area contributed by atoms with Gasteiger partial charge in [-0.05, 0) is 13.1 Å². The van der Waals surface area contributed by atoms with Crippen LogP contribution in [0, 0.1) is 10.1 Å². The number of likely N-dealkylation sites (tertiary alicyclic amines) is 1. The SMILES string of the molecule is CN1CCC(=O)C(Sc2ccccc2[N+](=O)[O-])C1. The van der Waals surface area contributed by atoms with Crippen molar-refractivity contribution in [2.75, 3.05) is 20.1 Å². The Hall–Kier alpha value is -1.40. The molecule has 5 nitrogen and oxygen atoms in total. The zero-order valence-corrected chi connectivity index (χ0v) is 10.9. The standard InChI is InChI=1S/C12H14N2O3S/c1-13-7-6-10(15)12(8-13)18-11-5-3-2-4-9(11)14(16)17/h2-5,12H,6-8H2,1H3. The first-order valence-electron chi connectivity index (χ1n) is 5.69. The summed E-state index contributed by atoms with van der Waals surface area (Å²) in [5.41, 5.74) is 0.0727. The Morgan fingerprint density at radius 1 is 1.44 bits per heavy atom. The van der Waals surface area contributed by atoms with Crippen molar-refractivity contribution in [3.8, 4) is 0 Å². The maximum absolute atomic E-state index is 11.8. The molecule has 6 heteroatoms. The number of piperidine rings is 1. The van der Waals surface area contributed by atoms with Gasteiger partial charge in [-0.3, -0.25) is 14.9 Å². The van der Waals surface area contributed by atoms with Gasteiger partial charge in [-0.2, -0.15) is 0 Å². The first-order chi connectivity index (χ1) is 8.58. The van der Waals surface area contributed by atoms with Crippen LogP contribution < -0.4 is 0 Å². The Kier molecular flexibility index (Phi) is 3.98. The van der Waals surface area contributed by atoms with E-state index in [1.54, 1.807) is 18.2 Å². The van der Waals surface area contributed by atoms with E-state index in [2.05, 4.69) is 4.90 Å². The normalized spacial score (nSPS) is 20.9. The molecule has 1 saturated heterocycles. The third-order valence-corrected chi connectivity index (χ3v) is 4.20. The number of ketones is 1. The van der Waals surface area contributed by atoms with Gasteiger partial charge in [-0.25, -0.2) is 0 Å². The van der Waals surface area contributed by atoms with Crippen molar-refractivity contribution in [2.24, 2.45) is 0 Å². The highest BCUT2D eigenvalue weighted by atomic mass is 32.2. The zero-order valence-electron chi connectivity index (χ0n) is 10.0. The third-order valence-electron chi connectivity index (χ3n) is 2.91. The quantitative estimate of drug-likeness (QED) is 0.618. The molecule has 1 aromatic carbocycles. The zero-order chi connectivity index (χ0) is 13.1. The number of hydrogen-bond donors (Lipinski definition) is 0. The number of carbonyl (C=O) groups excluding carboxylic acids is 1. The second-order valence-corrected chi connectivity index (χ2v) is 5.55. The summed E-state index contributed by atoms with van der Waals surface area (Å²) < 4.78 is 0. The maximum Gasteiger partial charge on any atom is 0.282 e. The third kappa shape index (κ3) is 2.88.